The van der Waals surface area contributed by atoms with Gasteiger partial charge in [-0.25, -0.2) is 35.1 Å². The number of ether oxygens (including phenoxy) is 1. The van der Waals surface area contributed by atoms with Crippen molar-refractivity contribution in [2.24, 2.45) is 0 Å². The van der Waals surface area contributed by atoms with Gasteiger partial charge in [-0.05, 0) is 67.5 Å². The number of sulfonamides is 1. The Morgan fingerprint density at radius 2 is 1.59 bits per heavy atom. The minimum absolute atomic E-state index is 0.0524. The van der Waals surface area contributed by atoms with E-state index < -0.39 is 76.1 Å². The molecule has 290 valence electrons. The summed E-state index contributed by atoms with van der Waals surface area (Å²) < 4.78 is 106. The fraction of sp³-hybridized carbons (Fsp3) is 0.459. The molecule has 6 rings (SSSR count). The summed E-state index contributed by atoms with van der Waals surface area (Å²) in [5.74, 6) is -12.8. The van der Waals surface area contributed by atoms with Crippen LogP contribution in [0.3, 0.4) is 0 Å². The van der Waals surface area contributed by atoms with E-state index in [9.17, 15) is 40.0 Å². The third-order valence-corrected chi connectivity index (χ3v) is 13.7. The van der Waals surface area contributed by atoms with E-state index in [1.54, 1.807) is 12.3 Å². The van der Waals surface area contributed by atoms with Gasteiger partial charge < -0.3 is 9.64 Å². The van der Waals surface area contributed by atoms with Crippen molar-refractivity contribution >= 4 is 40.5 Å². The standard InChI is InChI=1S/C37H42F5N5O5SSi/c1-54(2,3)17-16-52-22-46-36(48)28-14-13-27(18-25(28)20-44-46)45(21-26-12-11-24(19-43-26)23-8-5-4-6-9-23)37(49)29-10-7-15-47(29)53(50,51)35-33(41)31(39)30(38)32(40)34(35)42/h11-14,18-20,23,29H,4-10,15-17,21-22H2,1-3H3. The number of pyridine rings is 1. The van der Waals surface area contributed by atoms with Crippen LogP contribution in [0.2, 0.25) is 25.7 Å². The van der Waals surface area contributed by atoms with Crippen LogP contribution < -0.4 is 10.5 Å². The van der Waals surface area contributed by atoms with Crippen LogP contribution in [0.25, 0.3) is 10.8 Å². The van der Waals surface area contributed by atoms with Gasteiger partial charge in [-0.2, -0.15) is 9.40 Å². The first-order chi connectivity index (χ1) is 25.6. The quantitative estimate of drug-likeness (QED) is 0.0489. The topological polar surface area (TPSA) is 115 Å². The molecule has 1 saturated carbocycles. The van der Waals surface area contributed by atoms with Gasteiger partial charge in [0.1, 0.15) is 12.8 Å². The highest BCUT2D eigenvalue weighted by atomic mass is 32.2. The predicted octanol–water partition coefficient (Wildman–Crippen LogP) is 7.23. The highest BCUT2D eigenvalue weighted by molar-refractivity contribution is 7.89. The van der Waals surface area contributed by atoms with Crippen molar-refractivity contribution in [1.29, 1.82) is 0 Å². The van der Waals surface area contributed by atoms with Gasteiger partial charge in [-0.15, -0.1) is 0 Å². The number of nitrogens with zero attached hydrogens (tertiary/aromatic N) is 5. The molecule has 0 N–H and O–H groups in total. The molecule has 2 aromatic heterocycles. The number of rotatable bonds is 12. The van der Waals surface area contributed by atoms with E-state index in [2.05, 4.69) is 29.7 Å². The number of carbonyl (C=O) groups is 1. The normalized spacial score (nSPS) is 17.4. The molecule has 0 bridgehead atoms. The molecule has 17 heteroatoms. The van der Waals surface area contributed by atoms with Crippen LogP contribution >= 0.6 is 0 Å². The number of anilines is 1. The molecule has 1 unspecified atom stereocenters. The highest BCUT2D eigenvalue weighted by Gasteiger charge is 2.45. The Hall–Kier alpha value is -4.06. The molecule has 3 heterocycles. The van der Waals surface area contributed by atoms with Crippen LogP contribution in [0.4, 0.5) is 27.6 Å². The van der Waals surface area contributed by atoms with Crippen LogP contribution in [0.5, 0.6) is 0 Å². The summed E-state index contributed by atoms with van der Waals surface area (Å²) in [7, 11) is -6.77. The lowest BCUT2D eigenvalue weighted by atomic mass is 9.85. The molecule has 0 spiro atoms. The maximum absolute atomic E-state index is 14.8. The average Bonchev–Trinajstić information content (AvgIpc) is 3.66. The number of amides is 1. The number of fused-ring (bicyclic) bond motifs is 1. The fourth-order valence-corrected chi connectivity index (χ4v) is 9.54. The Balaban J connectivity index is 1.34. The van der Waals surface area contributed by atoms with Crippen molar-refractivity contribution in [2.45, 2.75) is 101 Å². The Kier molecular flexibility index (Phi) is 11.7. The summed E-state index contributed by atoms with van der Waals surface area (Å²) >= 11 is 0. The summed E-state index contributed by atoms with van der Waals surface area (Å²) in [4.78, 5) is 31.6. The fourth-order valence-electron chi connectivity index (χ4n) is 7.01. The smallest absolute Gasteiger partial charge is 0.276 e. The average molecular weight is 792 g/mol. The number of halogens is 5. The van der Waals surface area contributed by atoms with Gasteiger partial charge in [-0.1, -0.05) is 45.0 Å². The third-order valence-electron chi connectivity index (χ3n) is 10.1. The van der Waals surface area contributed by atoms with Gasteiger partial charge in [0, 0.05) is 38.5 Å². The minimum Gasteiger partial charge on any atom is -0.359 e. The molecule has 1 aliphatic heterocycles. The summed E-state index contributed by atoms with van der Waals surface area (Å²) in [6.45, 7) is 6.47. The molecule has 1 aliphatic carbocycles. The summed E-state index contributed by atoms with van der Waals surface area (Å²) in [6.07, 6.45) is 8.65. The van der Waals surface area contributed by atoms with Crippen LogP contribution in [-0.2, 0) is 32.8 Å². The lowest BCUT2D eigenvalue weighted by Crippen LogP contribution is -2.48. The molecule has 2 aliphatic rings. The Morgan fingerprint density at radius 1 is 0.907 bits per heavy atom. The van der Waals surface area contributed by atoms with E-state index >= 15 is 0 Å². The molecular weight excluding hydrogens is 750 g/mol. The Morgan fingerprint density at radius 3 is 2.24 bits per heavy atom. The first kappa shape index (κ1) is 39.6. The van der Waals surface area contributed by atoms with E-state index in [0.717, 1.165) is 37.3 Å². The summed E-state index contributed by atoms with van der Waals surface area (Å²) in [6, 6.07) is 7.59. The third kappa shape index (κ3) is 8.14. The van der Waals surface area contributed by atoms with Crippen molar-refractivity contribution in [1.82, 2.24) is 19.1 Å². The first-order valence-electron chi connectivity index (χ1n) is 18.0. The number of hydrogen-bond acceptors (Lipinski definition) is 7. The SMILES string of the molecule is C[Si](C)(C)CCOCn1ncc2cc(N(Cc3ccc(C4CCCCC4)cn3)C(=O)C3CCCN3S(=O)(=O)c3c(F)c(F)c(F)c(F)c3F)ccc2c1=O. The molecule has 1 amide bonds. The van der Waals surface area contributed by atoms with Crippen LogP contribution in [0.1, 0.15) is 62.1 Å². The van der Waals surface area contributed by atoms with Gasteiger partial charge in [0.05, 0.1) is 23.8 Å². The minimum atomic E-state index is -5.42. The summed E-state index contributed by atoms with van der Waals surface area (Å²) in [5.41, 5.74) is 1.31. The van der Waals surface area contributed by atoms with Gasteiger partial charge in [0.25, 0.3) is 5.56 Å². The van der Waals surface area contributed by atoms with Crippen molar-refractivity contribution in [3.8, 4) is 0 Å². The van der Waals surface area contributed by atoms with E-state index in [-0.39, 0.29) is 37.2 Å². The van der Waals surface area contributed by atoms with Crippen LogP contribution in [0.15, 0.2) is 52.4 Å². The van der Waals surface area contributed by atoms with Crippen LogP contribution in [0, 0.1) is 29.1 Å². The molecule has 1 saturated heterocycles. The second kappa shape index (κ2) is 16.0. The first-order valence-corrected chi connectivity index (χ1v) is 23.1. The van der Waals surface area contributed by atoms with E-state index in [1.807, 2.05) is 6.07 Å². The van der Waals surface area contributed by atoms with E-state index in [4.69, 9.17) is 4.74 Å². The van der Waals surface area contributed by atoms with Gasteiger partial charge >= 0.3 is 0 Å². The zero-order chi connectivity index (χ0) is 38.9. The Bertz CT molecular complexity index is 2180. The zero-order valence-electron chi connectivity index (χ0n) is 30.3. The van der Waals surface area contributed by atoms with E-state index in [0.29, 0.717) is 27.9 Å². The monoisotopic (exact) mass is 791 g/mol. The lowest BCUT2D eigenvalue weighted by molar-refractivity contribution is -0.121. The van der Waals surface area contributed by atoms with Crippen molar-refractivity contribution in [3.05, 3.63) is 93.4 Å². The maximum atomic E-state index is 14.8. The van der Waals surface area contributed by atoms with Gasteiger partial charge in [-0.3, -0.25) is 14.6 Å². The largest absolute Gasteiger partial charge is 0.359 e. The lowest BCUT2D eigenvalue weighted by Gasteiger charge is -2.30. The van der Waals surface area contributed by atoms with Gasteiger partial charge in [0.2, 0.25) is 21.7 Å². The molecular formula is C37H42F5N5O5SSi. The van der Waals surface area contributed by atoms with E-state index in [1.165, 1.54) is 40.4 Å². The van der Waals surface area contributed by atoms with Crippen molar-refractivity contribution in [3.63, 3.8) is 0 Å². The maximum Gasteiger partial charge on any atom is 0.276 e. The molecule has 0 radical (unpaired) electrons. The van der Waals surface area contributed by atoms with Crippen molar-refractivity contribution < 1.29 is 39.9 Å². The Labute approximate surface area is 311 Å². The number of aromatic nitrogens is 3. The number of hydrogen-bond donors (Lipinski definition) is 0. The number of carbonyl (C=O) groups excluding carboxylic acids is 1. The van der Waals surface area contributed by atoms with Crippen LogP contribution in [-0.4, -0.2) is 60.7 Å². The molecule has 10 nitrogen and oxygen atoms in total. The van der Waals surface area contributed by atoms with Crippen molar-refractivity contribution in [2.75, 3.05) is 18.1 Å². The van der Waals surface area contributed by atoms with Gasteiger partial charge in [0.15, 0.2) is 28.2 Å². The zero-order valence-corrected chi connectivity index (χ0v) is 32.1. The number of benzene rings is 2. The second-order valence-corrected chi connectivity index (χ2v) is 22.5. The molecule has 4 aromatic rings. The molecule has 2 fully saturated rings. The molecule has 1 atom stereocenters. The molecule has 54 heavy (non-hydrogen) atoms. The molecule has 2 aromatic carbocycles. The highest BCUT2D eigenvalue weighted by Crippen LogP contribution is 2.35. The summed E-state index contributed by atoms with van der Waals surface area (Å²) in [5, 5.41) is 4.89. The second-order valence-electron chi connectivity index (χ2n) is 15.1. The predicted molar refractivity (Wildman–Crippen MR) is 195 cm³/mol.